The monoisotopic (exact) mass is 277 g/mol. The Labute approximate surface area is 119 Å². The Morgan fingerprint density at radius 2 is 1.85 bits per heavy atom. The van der Waals surface area contributed by atoms with Gasteiger partial charge in [-0.2, -0.15) is 0 Å². The van der Waals surface area contributed by atoms with Gasteiger partial charge in [-0.25, -0.2) is 0 Å². The molecule has 0 saturated heterocycles. The van der Waals surface area contributed by atoms with Crippen LogP contribution >= 0.6 is 0 Å². The van der Waals surface area contributed by atoms with E-state index in [0.717, 1.165) is 5.56 Å². The molecule has 0 aromatic heterocycles. The van der Waals surface area contributed by atoms with Gasteiger partial charge in [-0.15, -0.1) is 0 Å². The molecule has 0 unspecified atom stereocenters. The summed E-state index contributed by atoms with van der Waals surface area (Å²) in [6, 6.07) is 7.11. The predicted octanol–water partition coefficient (Wildman–Crippen LogP) is 1.04. The fraction of sp³-hybridized carbons (Fsp3) is 0.467. The molecule has 0 spiro atoms. The van der Waals surface area contributed by atoms with E-state index in [1.54, 1.807) is 12.1 Å². The van der Waals surface area contributed by atoms with Crippen molar-refractivity contribution in [1.29, 1.82) is 0 Å². The van der Waals surface area contributed by atoms with Gasteiger partial charge in [0.25, 0.3) is 0 Å². The van der Waals surface area contributed by atoms with Crippen molar-refractivity contribution in [2.24, 2.45) is 11.7 Å². The first-order valence-electron chi connectivity index (χ1n) is 6.85. The molecule has 0 heterocycles. The minimum Gasteiger partial charge on any atom is -0.366 e. The first kappa shape index (κ1) is 16.2. The van der Waals surface area contributed by atoms with E-state index in [1.807, 2.05) is 12.1 Å². The molecule has 5 heteroatoms. The third-order valence-corrected chi connectivity index (χ3v) is 2.80. The van der Waals surface area contributed by atoms with Crippen molar-refractivity contribution in [1.82, 2.24) is 10.6 Å². The van der Waals surface area contributed by atoms with E-state index in [0.29, 0.717) is 37.5 Å². The summed E-state index contributed by atoms with van der Waals surface area (Å²) in [4.78, 5) is 22.4. The van der Waals surface area contributed by atoms with Gasteiger partial charge in [-0.3, -0.25) is 9.59 Å². The summed E-state index contributed by atoms with van der Waals surface area (Å²) in [6.07, 6.45) is 0.464. The molecule has 0 aliphatic carbocycles. The molecular weight excluding hydrogens is 254 g/mol. The molecule has 0 aliphatic heterocycles. The SMILES string of the molecule is CC(C)CNC(=O)CCNCc1ccc(C(N)=O)cc1. The van der Waals surface area contributed by atoms with Gasteiger partial charge in [0.15, 0.2) is 0 Å². The van der Waals surface area contributed by atoms with E-state index in [1.165, 1.54) is 0 Å². The summed E-state index contributed by atoms with van der Waals surface area (Å²) >= 11 is 0. The topological polar surface area (TPSA) is 84.2 Å². The van der Waals surface area contributed by atoms with Gasteiger partial charge in [0.05, 0.1) is 0 Å². The van der Waals surface area contributed by atoms with Crippen molar-refractivity contribution < 1.29 is 9.59 Å². The number of nitrogens with two attached hydrogens (primary N) is 1. The maximum atomic E-state index is 11.5. The summed E-state index contributed by atoms with van der Waals surface area (Å²) < 4.78 is 0. The molecule has 20 heavy (non-hydrogen) atoms. The quantitative estimate of drug-likeness (QED) is 0.621. The minimum absolute atomic E-state index is 0.0651. The molecule has 0 saturated carbocycles. The second-order valence-electron chi connectivity index (χ2n) is 5.19. The number of nitrogens with one attached hydrogen (secondary N) is 2. The van der Waals surface area contributed by atoms with Crippen LogP contribution in [0.2, 0.25) is 0 Å². The van der Waals surface area contributed by atoms with Crippen molar-refractivity contribution >= 4 is 11.8 Å². The van der Waals surface area contributed by atoms with E-state index < -0.39 is 5.91 Å². The van der Waals surface area contributed by atoms with Gasteiger partial charge in [0, 0.05) is 31.6 Å². The lowest BCUT2D eigenvalue weighted by Crippen LogP contribution is -2.30. The number of rotatable bonds is 8. The van der Waals surface area contributed by atoms with Crippen LogP contribution < -0.4 is 16.4 Å². The molecule has 0 aliphatic rings. The van der Waals surface area contributed by atoms with Gasteiger partial charge in [0.2, 0.25) is 11.8 Å². The molecule has 0 bridgehead atoms. The first-order chi connectivity index (χ1) is 9.49. The standard InChI is InChI=1S/C15H23N3O2/c1-11(2)9-18-14(19)7-8-17-10-12-3-5-13(6-4-12)15(16)20/h3-6,11,17H,7-10H2,1-2H3,(H2,16,20)(H,18,19). The Morgan fingerprint density at radius 3 is 2.40 bits per heavy atom. The molecule has 4 N–H and O–H groups in total. The van der Waals surface area contributed by atoms with Crippen LogP contribution in [-0.2, 0) is 11.3 Å². The van der Waals surface area contributed by atoms with Gasteiger partial charge in [-0.1, -0.05) is 26.0 Å². The van der Waals surface area contributed by atoms with Gasteiger partial charge < -0.3 is 16.4 Å². The van der Waals surface area contributed by atoms with Crippen LogP contribution in [0, 0.1) is 5.92 Å². The average molecular weight is 277 g/mol. The highest BCUT2D eigenvalue weighted by molar-refractivity contribution is 5.92. The largest absolute Gasteiger partial charge is 0.366 e. The number of benzene rings is 1. The molecule has 0 fully saturated rings. The first-order valence-corrected chi connectivity index (χ1v) is 6.85. The van der Waals surface area contributed by atoms with Crippen LogP contribution in [0.1, 0.15) is 36.2 Å². The van der Waals surface area contributed by atoms with Crippen LogP contribution in [0.15, 0.2) is 24.3 Å². The van der Waals surface area contributed by atoms with E-state index in [2.05, 4.69) is 24.5 Å². The van der Waals surface area contributed by atoms with E-state index >= 15 is 0 Å². The zero-order valence-electron chi connectivity index (χ0n) is 12.1. The fourth-order valence-corrected chi connectivity index (χ4v) is 1.63. The lowest BCUT2D eigenvalue weighted by Gasteiger charge is -2.08. The minimum atomic E-state index is -0.425. The normalized spacial score (nSPS) is 10.6. The molecular formula is C15H23N3O2. The Bertz CT molecular complexity index is 441. The maximum Gasteiger partial charge on any atom is 0.248 e. The molecule has 110 valence electrons. The summed E-state index contributed by atoms with van der Waals surface area (Å²) in [5, 5.41) is 6.06. The van der Waals surface area contributed by atoms with Gasteiger partial charge in [-0.05, 0) is 23.6 Å². The smallest absolute Gasteiger partial charge is 0.248 e. The van der Waals surface area contributed by atoms with Crippen molar-refractivity contribution in [2.45, 2.75) is 26.8 Å². The highest BCUT2D eigenvalue weighted by Crippen LogP contribution is 2.03. The second kappa shape index (κ2) is 8.32. The average Bonchev–Trinajstić information content (AvgIpc) is 2.42. The predicted molar refractivity (Wildman–Crippen MR) is 79.1 cm³/mol. The fourth-order valence-electron chi connectivity index (χ4n) is 1.63. The number of primary amides is 1. The number of amides is 2. The van der Waals surface area contributed by atoms with Crippen molar-refractivity contribution in [3.8, 4) is 0 Å². The summed E-state index contributed by atoms with van der Waals surface area (Å²) in [7, 11) is 0. The number of hydrogen-bond donors (Lipinski definition) is 3. The van der Waals surface area contributed by atoms with E-state index in [-0.39, 0.29) is 5.91 Å². The van der Waals surface area contributed by atoms with Crippen molar-refractivity contribution in [3.63, 3.8) is 0 Å². The van der Waals surface area contributed by atoms with Gasteiger partial charge >= 0.3 is 0 Å². The maximum absolute atomic E-state index is 11.5. The van der Waals surface area contributed by atoms with Crippen LogP contribution in [-0.4, -0.2) is 24.9 Å². The van der Waals surface area contributed by atoms with Gasteiger partial charge in [0.1, 0.15) is 0 Å². The molecule has 0 atom stereocenters. The summed E-state index contributed by atoms with van der Waals surface area (Å²) in [5.74, 6) is 0.109. The Balaban J connectivity index is 2.21. The summed E-state index contributed by atoms with van der Waals surface area (Å²) in [6.45, 7) is 6.13. The Morgan fingerprint density at radius 1 is 1.20 bits per heavy atom. The number of carbonyl (C=O) groups excluding carboxylic acids is 2. The number of hydrogen-bond acceptors (Lipinski definition) is 3. The molecule has 1 aromatic rings. The molecule has 1 rings (SSSR count). The van der Waals surface area contributed by atoms with Crippen molar-refractivity contribution in [2.75, 3.05) is 13.1 Å². The van der Waals surface area contributed by atoms with E-state index in [4.69, 9.17) is 5.73 Å². The lowest BCUT2D eigenvalue weighted by atomic mass is 10.1. The third-order valence-electron chi connectivity index (χ3n) is 2.80. The molecule has 2 amide bonds. The highest BCUT2D eigenvalue weighted by atomic mass is 16.1. The van der Waals surface area contributed by atoms with Crippen molar-refractivity contribution in [3.05, 3.63) is 35.4 Å². The summed E-state index contributed by atoms with van der Waals surface area (Å²) in [5.41, 5.74) is 6.72. The number of carbonyl (C=O) groups is 2. The molecule has 1 aromatic carbocycles. The van der Waals surface area contributed by atoms with Crippen LogP contribution in [0.3, 0.4) is 0 Å². The highest BCUT2D eigenvalue weighted by Gasteiger charge is 2.02. The van der Waals surface area contributed by atoms with E-state index in [9.17, 15) is 9.59 Å². The zero-order chi connectivity index (χ0) is 15.0. The molecule has 0 radical (unpaired) electrons. The Hall–Kier alpha value is -1.88. The van der Waals surface area contributed by atoms with Crippen LogP contribution in [0.25, 0.3) is 0 Å². The molecule has 5 nitrogen and oxygen atoms in total. The Kier molecular flexibility index (Phi) is 6.73. The zero-order valence-corrected chi connectivity index (χ0v) is 12.1. The lowest BCUT2D eigenvalue weighted by molar-refractivity contribution is -0.121. The second-order valence-corrected chi connectivity index (χ2v) is 5.19. The van der Waals surface area contributed by atoms with Crippen LogP contribution in [0.5, 0.6) is 0 Å². The third kappa shape index (κ3) is 6.33. The van der Waals surface area contributed by atoms with Crippen LogP contribution in [0.4, 0.5) is 0 Å².